The van der Waals surface area contributed by atoms with Crippen molar-refractivity contribution in [1.29, 1.82) is 0 Å². The van der Waals surface area contributed by atoms with Crippen LogP contribution in [0.3, 0.4) is 0 Å². The van der Waals surface area contributed by atoms with Gasteiger partial charge in [-0.2, -0.15) is 5.10 Å². The smallest absolute Gasteiger partial charge is 0.0597 e. The molecule has 1 saturated carbocycles. The van der Waals surface area contributed by atoms with E-state index in [4.69, 9.17) is 5.73 Å². The SMILES string of the molecule is CCN(Cc1cc(C)nn1C)C1CCCCC1CN. The molecule has 0 bridgehead atoms. The van der Waals surface area contributed by atoms with Crippen LogP contribution in [0.25, 0.3) is 0 Å². The molecule has 0 saturated heterocycles. The fourth-order valence-corrected chi connectivity index (χ4v) is 3.43. The lowest BCUT2D eigenvalue weighted by atomic mass is 9.83. The fraction of sp³-hybridized carbons (Fsp3) is 0.800. The predicted octanol–water partition coefficient (Wildman–Crippen LogP) is 2.07. The Morgan fingerprint density at radius 1 is 1.42 bits per heavy atom. The largest absolute Gasteiger partial charge is 0.330 e. The first-order valence-corrected chi connectivity index (χ1v) is 7.59. The van der Waals surface area contributed by atoms with Crippen LogP contribution in [-0.2, 0) is 13.6 Å². The maximum atomic E-state index is 5.97. The van der Waals surface area contributed by atoms with Gasteiger partial charge in [-0.15, -0.1) is 0 Å². The number of aryl methyl sites for hydroxylation is 2. The normalized spacial score (nSPS) is 24.1. The summed E-state index contributed by atoms with van der Waals surface area (Å²) >= 11 is 0. The number of nitrogens with two attached hydrogens (primary N) is 1. The highest BCUT2D eigenvalue weighted by molar-refractivity contribution is 5.08. The van der Waals surface area contributed by atoms with E-state index in [2.05, 4.69) is 29.9 Å². The summed E-state index contributed by atoms with van der Waals surface area (Å²) in [6.45, 7) is 7.22. The minimum absolute atomic E-state index is 0.652. The highest BCUT2D eigenvalue weighted by Crippen LogP contribution is 2.28. The molecule has 1 aliphatic rings. The number of nitrogens with zero attached hydrogens (tertiary/aromatic N) is 3. The van der Waals surface area contributed by atoms with E-state index in [0.29, 0.717) is 12.0 Å². The molecule has 2 N–H and O–H groups in total. The van der Waals surface area contributed by atoms with Crippen LogP contribution in [0.2, 0.25) is 0 Å². The standard InChI is InChI=1S/C15H28N4/c1-4-19(11-14-9-12(2)17-18(14)3)15-8-6-5-7-13(15)10-16/h9,13,15H,4-8,10-11,16H2,1-3H3. The average Bonchev–Trinajstić information content (AvgIpc) is 2.74. The monoisotopic (exact) mass is 264 g/mol. The maximum absolute atomic E-state index is 5.97. The van der Waals surface area contributed by atoms with Crippen LogP contribution in [0.4, 0.5) is 0 Å². The zero-order chi connectivity index (χ0) is 13.8. The molecule has 1 heterocycles. The first-order valence-electron chi connectivity index (χ1n) is 7.59. The molecule has 0 amide bonds. The van der Waals surface area contributed by atoms with E-state index in [0.717, 1.165) is 25.3 Å². The summed E-state index contributed by atoms with van der Waals surface area (Å²) in [6, 6.07) is 2.85. The second-order valence-corrected chi connectivity index (χ2v) is 5.81. The first-order chi connectivity index (χ1) is 9.15. The molecule has 4 heteroatoms. The van der Waals surface area contributed by atoms with Gasteiger partial charge >= 0.3 is 0 Å². The Labute approximate surface area is 117 Å². The number of rotatable bonds is 5. The van der Waals surface area contributed by atoms with Gasteiger partial charge < -0.3 is 5.73 Å². The topological polar surface area (TPSA) is 47.1 Å². The zero-order valence-electron chi connectivity index (χ0n) is 12.6. The minimum Gasteiger partial charge on any atom is -0.330 e. The van der Waals surface area contributed by atoms with Gasteiger partial charge in [0.15, 0.2) is 0 Å². The van der Waals surface area contributed by atoms with E-state index >= 15 is 0 Å². The molecule has 0 aromatic carbocycles. The molecule has 1 fully saturated rings. The Kier molecular flexibility index (Phi) is 4.99. The molecule has 2 atom stereocenters. The molecule has 4 nitrogen and oxygen atoms in total. The third-order valence-corrected chi connectivity index (χ3v) is 4.51. The van der Waals surface area contributed by atoms with E-state index in [9.17, 15) is 0 Å². The van der Waals surface area contributed by atoms with Crippen LogP contribution >= 0.6 is 0 Å². The van der Waals surface area contributed by atoms with Crippen molar-refractivity contribution in [1.82, 2.24) is 14.7 Å². The van der Waals surface area contributed by atoms with Crippen LogP contribution in [0.5, 0.6) is 0 Å². The summed E-state index contributed by atoms with van der Waals surface area (Å²) in [5, 5.41) is 4.45. The Bertz CT molecular complexity index is 399. The second kappa shape index (κ2) is 6.53. The predicted molar refractivity (Wildman–Crippen MR) is 78.8 cm³/mol. The second-order valence-electron chi connectivity index (χ2n) is 5.81. The third-order valence-electron chi connectivity index (χ3n) is 4.51. The fourth-order valence-electron chi connectivity index (χ4n) is 3.43. The van der Waals surface area contributed by atoms with Crippen molar-refractivity contribution in [3.8, 4) is 0 Å². The molecule has 0 aliphatic heterocycles. The summed E-state index contributed by atoms with van der Waals surface area (Å²) in [4.78, 5) is 2.59. The third kappa shape index (κ3) is 3.37. The molecule has 2 rings (SSSR count). The van der Waals surface area contributed by atoms with E-state index in [-0.39, 0.29) is 0 Å². The lowest BCUT2D eigenvalue weighted by molar-refractivity contribution is 0.103. The number of aromatic nitrogens is 2. The van der Waals surface area contributed by atoms with Crippen molar-refractivity contribution in [2.24, 2.45) is 18.7 Å². The van der Waals surface area contributed by atoms with Crippen molar-refractivity contribution < 1.29 is 0 Å². The van der Waals surface area contributed by atoms with Gasteiger partial charge in [-0.25, -0.2) is 0 Å². The molecule has 108 valence electrons. The van der Waals surface area contributed by atoms with Gasteiger partial charge in [-0.05, 0) is 44.8 Å². The number of hydrogen-bond acceptors (Lipinski definition) is 3. The number of hydrogen-bond donors (Lipinski definition) is 1. The van der Waals surface area contributed by atoms with Crippen molar-refractivity contribution in [2.75, 3.05) is 13.1 Å². The van der Waals surface area contributed by atoms with Gasteiger partial charge in [0.25, 0.3) is 0 Å². The lowest BCUT2D eigenvalue weighted by Crippen LogP contribution is -2.44. The van der Waals surface area contributed by atoms with Crippen LogP contribution in [0.1, 0.15) is 44.0 Å². The van der Waals surface area contributed by atoms with Crippen LogP contribution in [0.15, 0.2) is 6.07 Å². The summed E-state index contributed by atoms with van der Waals surface area (Å²) in [5.74, 6) is 0.669. The molecular weight excluding hydrogens is 236 g/mol. The Morgan fingerprint density at radius 2 is 2.16 bits per heavy atom. The van der Waals surface area contributed by atoms with Crippen molar-refractivity contribution in [3.63, 3.8) is 0 Å². The van der Waals surface area contributed by atoms with Crippen molar-refractivity contribution in [2.45, 2.75) is 52.1 Å². The van der Waals surface area contributed by atoms with E-state index in [1.54, 1.807) is 0 Å². The minimum atomic E-state index is 0.652. The first kappa shape index (κ1) is 14.5. The Hall–Kier alpha value is -0.870. The molecule has 1 aromatic heterocycles. The van der Waals surface area contributed by atoms with Gasteiger partial charge in [0, 0.05) is 19.6 Å². The van der Waals surface area contributed by atoms with Crippen molar-refractivity contribution >= 4 is 0 Å². The van der Waals surface area contributed by atoms with Gasteiger partial charge in [-0.3, -0.25) is 9.58 Å². The molecule has 0 radical (unpaired) electrons. The van der Waals surface area contributed by atoms with E-state index < -0.39 is 0 Å². The van der Waals surface area contributed by atoms with Gasteiger partial charge in [-0.1, -0.05) is 19.8 Å². The molecule has 2 unspecified atom stereocenters. The van der Waals surface area contributed by atoms with Crippen LogP contribution in [0, 0.1) is 12.8 Å². The average molecular weight is 264 g/mol. The molecule has 19 heavy (non-hydrogen) atoms. The summed E-state index contributed by atoms with van der Waals surface area (Å²) in [7, 11) is 2.04. The lowest BCUT2D eigenvalue weighted by Gasteiger charge is -2.39. The highest BCUT2D eigenvalue weighted by atomic mass is 15.3. The molecule has 1 aromatic rings. The Morgan fingerprint density at radius 3 is 2.74 bits per heavy atom. The Balaban J connectivity index is 2.08. The quantitative estimate of drug-likeness (QED) is 0.885. The summed E-state index contributed by atoms with van der Waals surface area (Å²) in [5.41, 5.74) is 8.38. The highest BCUT2D eigenvalue weighted by Gasteiger charge is 2.28. The van der Waals surface area contributed by atoms with Gasteiger partial charge in [0.1, 0.15) is 0 Å². The molecular formula is C15H28N4. The van der Waals surface area contributed by atoms with Crippen LogP contribution in [-0.4, -0.2) is 33.8 Å². The summed E-state index contributed by atoms with van der Waals surface area (Å²) < 4.78 is 2.01. The van der Waals surface area contributed by atoms with Crippen LogP contribution < -0.4 is 5.73 Å². The van der Waals surface area contributed by atoms with E-state index in [1.807, 2.05) is 11.7 Å². The van der Waals surface area contributed by atoms with Gasteiger partial charge in [0.2, 0.25) is 0 Å². The maximum Gasteiger partial charge on any atom is 0.0597 e. The zero-order valence-corrected chi connectivity index (χ0v) is 12.6. The van der Waals surface area contributed by atoms with Gasteiger partial charge in [0.05, 0.1) is 11.4 Å². The van der Waals surface area contributed by atoms with Crippen molar-refractivity contribution in [3.05, 3.63) is 17.5 Å². The summed E-state index contributed by atoms with van der Waals surface area (Å²) in [6.07, 6.45) is 5.29. The molecule has 0 spiro atoms. The van der Waals surface area contributed by atoms with E-state index in [1.165, 1.54) is 31.4 Å². The molecule has 1 aliphatic carbocycles.